The van der Waals surface area contributed by atoms with Gasteiger partial charge in [0.05, 0.1) is 6.54 Å². The highest BCUT2D eigenvalue weighted by atomic mass is 32.1. The summed E-state index contributed by atoms with van der Waals surface area (Å²) in [5, 5.41) is 6.93. The largest absolute Gasteiger partial charge is 0.459 e. The minimum atomic E-state index is -0.0819. The molecule has 0 radical (unpaired) electrons. The average molecular weight is 297 g/mol. The van der Waals surface area contributed by atoms with Gasteiger partial charge in [-0.3, -0.25) is 4.79 Å². The number of hydrogen-bond donors (Lipinski definition) is 1. The van der Waals surface area contributed by atoms with Crippen LogP contribution >= 0.6 is 11.3 Å². The van der Waals surface area contributed by atoms with Crippen molar-refractivity contribution < 1.29 is 9.21 Å². The Bertz CT molecular complexity index is 744. The van der Waals surface area contributed by atoms with Crippen LogP contribution in [0.3, 0.4) is 0 Å². The van der Waals surface area contributed by atoms with E-state index in [1.54, 1.807) is 11.3 Å². The maximum Gasteiger partial charge on any atom is 0.251 e. The number of furan rings is 1. The van der Waals surface area contributed by atoms with Crippen molar-refractivity contribution in [1.29, 1.82) is 0 Å². The molecule has 0 saturated carbocycles. The molecule has 0 unspecified atom stereocenters. The second-order valence-corrected chi connectivity index (χ2v) is 5.56. The molecule has 2 aromatic heterocycles. The number of rotatable bonds is 4. The van der Waals surface area contributed by atoms with E-state index in [1.165, 1.54) is 0 Å². The molecular weight excluding hydrogens is 282 g/mol. The summed E-state index contributed by atoms with van der Waals surface area (Å²) in [6.07, 6.45) is 0. The number of benzene rings is 1. The third-order valence-corrected chi connectivity index (χ3v) is 3.96. The number of thiophene rings is 1. The first kappa shape index (κ1) is 13.6. The molecule has 0 saturated heterocycles. The average Bonchev–Trinajstić information content (AvgIpc) is 3.16. The van der Waals surface area contributed by atoms with Gasteiger partial charge in [-0.15, -0.1) is 0 Å². The normalized spacial score (nSPS) is 10.5. The molecule has 106 valence electrons. The van der Waals surface area contributed by atoms with Crippen LogP contribution in [0.5, 0.6) is 0 Å². The van der Waals surface area contributed by atoms with E-state index in [9.17, 15) is 4.79 Å². The highest BCUT2D eigenvalue weighted by Crippen LogP contribution is 2.24. The molecule has 0 bridgehead atoms. The van der Waals surface area contributed by atoms with Gasteiger partial charge in [0.2, 0.25) is 0 Å². The first-order chi connectivity index (χ1) is 10.2. The van der Waals surface area contributed by atoms with Crippen molar-refractivity contribution in [1.82, 2.24) is 5.32 Å². The number of amides is 1. The minimum absolute atomic E-state index is 0.0819. The third kappa shape index (κ3) is 3.06. The first-order valence-electron chi connectivity index (χ1n) is 6.69. The van der Waals surface area contributed by atoms with E-state index >= 15 is 0 Å². The van der Waals surface area contributed by atoms with Crippen molar-refractivity contribution in [2.45, 2.75) is 13.5 Å². The Morgan fingerprint density at radius 3 is 2.81 bits per heavy atom. The van der Waals surface area contributed by atoms with Crippen molar-refractivity contribution in [3.05, 3.63) is 70.1 Å². The number of aryl methyl sites for hydroxylation is 1. The van der Waals surface area contributed by atoms with E-state index in [-0.39, 0.29) is 5.91 Å². The summed E-state index contributed by atoms with van der Waals surface area (Å²) in [5.74, 6) is 1.50. The Hall–Kier alpha value is -2.33. The Balaban J connectivity index is 1.66. The molecule has 0 spiro atoms. The Morgan fingerprint density at radius 1 is 1.19 bits per heavy atom. The molecule has 0 aliphatic carbocycles. The van der Waals surface area contributed by atoms with Crippen LogP contribution in [-0.2, 0) is 6.54 Å². The SMILES string of the molecule is Cc1ccccc1C(=O)NCc1ccc(-c2ccsc2)o1. The lowest BCUT2D eigenvalue weighted by Crippen LogP contribution is -2.23. The topological polar surface area (TPSA) is 42.2 Å². The summed E-state index contributed by atoms with van der Waals surface area (Å²) in [5.41, 5.74) is 2.73. The molecule has 1 N–H and O–H groups in total. The molecule has 0 aliphatic rings. The molecule has 3 nitrogen and oxygen atoms in total. The van der Waals surface area contributed by atoms with Gasteiger partial charge in [-0.2, -0.15) is 11.3 Å². The van der Waals surface area contributed by atoms with E-state index < -0.39 is 0 Å². The molecule has 3 aromatic rings. The molecule has 21 heavy (non-hydrogen) atoms. The Labute approximate surface area is 127 Å². The van der Waals surface area contributed by atoms with Gasteiger partial charge in [0.1, 0.15) is 11.5 Å². The van der Waals surface area contributed by atoms with Crippen LogP contribution in [0.4, 0.5) is 0 Å². The van der Waals surface area contributed by atoms with Crippen LogP contribution in [0, 0.1) is 6.92 Å². The summed E-state index contributed by atoms with van der Waals surface area (Å²) in [7, 11) is 0. The first-order valence-corrected chi connectivity index (χ1v) is 7.63. The second kappa shape index (κ2) is 5.97. The van der Waals surface area contributed by atoms with Gasteiger partial charge >= 0.3 is 0 Å². The Kier molecular flexibility index (Phi) is 3.88. The summed E-state index contributed by atoms with van der Waals surface area (Å²) < 4.78 is 5.74. The molecule has 4 heteroatoms. The van der Waals surface area contributed by atoms with Crippen molar-refractivity contribution >= 4 is 17.2 Å². The fraction of sp³-hybridized carbons (Fsp3) is 0.118. The number of hydrogen-bond acceptors (Lipinski definition) is 3. The molecule has 1 amide bonds. The molecule has 0 fully saturated rings. The standard InChI is InChI=1S/C17H15NO2S/c1-12-4-2-3-5-15(12)17(19)18-10-14-6-7-16(20-14)13-8-9-21-11-13/h2-9,11H,10H2,1H3,(H,18,19). The van der Waals surface area contributed by atoms with Gasteiger partial charge in [0, 0.05) is 16.5 Å². The summed E-state index contributed by atoms with van der Waals surface area (Å²) >= 11 is 1.63. The lowest BCUT2D eigenvalue weighted by Gasteiger charge is -2.05. The van der Waals surface area contributed by atoms with Gasteiger partial charge in [-0.1, -0.05) is 18.2 Å². The van der Waals surface area contributed by atoms with Crippen LogP contribution in [0.1, 0.15) is 21.7 Å². The lowest BCUT2D eigenvalue weighted by molar-refractivity contribution is 0.0947. The lowest BCUT2D eigenvalue weighted by atomic mass is 10.1. The highest BCUT2D eigenvalue weighted by Gasteiger charge is 2.10. The smallest absolute Gasteiger partial charge is 0.251 e. The zero-order valence-corrected chi connectivity index (χ0v) is 12.4. The van der Waals surface area contributed by atoms with E-state index in [1.807, 2.05) is 60.1 Å². The third-order valence-electron chi connectivity index (χ3n) is 3.28. The molecule has 0 atom stereocenters. The fourth-order valence-corrected chi connectivity index (χ4v) is 2.77. The van der Waals surface area contributed by atoms with Gasteiger partial charge in [0.25, 0.3) is 5.91 Å². The van der Waals surface area contributed by atoms with Crippen LogP contribution in [-0.4, -0.2) is 5.91 Å². The monoisotopic (exact) mass is 297 g/mol. The van der Waals surface area contributed by atoms with Crippen LogP contribution in [0.25, 0.3) is 11.3 Å². The summed E-state index contributed by atoms with van der Waals surface area (Å²) in [6, 6.07) is 13.4. The van der Waals surface area contributed by atoms with Crippen LogP contribution in [0.2, 0.25) is 0 Å². The maximum atomic E-state index is 12.1. The highest BCUT2D eigenvalue weighted by molar-refractivity contribution is 7.08. The number of carbonyl (C=O) groups excluding carboxylic acids is 1. The van der Waals surface area contributed by atoms with E-state index in [0.717, 1.165) is 22.6 Å². The minimum Gasteiger partial charge on any atom is -0.459 e. The van der Waals surface area contributed by atoms with Crippen LogP contribution in [0.15, 0.2) is 57.6 Å². The number of carbonyl (C=O) groups is 1. The van der Waals surface area contributed by atoms with Gasteiger partial charge in [-0.25, -0.2) is 0 Å². The van der Waals surface area contributed by atoms with Crippen LogP contribution < -0.4 is 5.32 Å². The predicted molar refractivity (Wildman–Crippen MR) is 84.4 cm³/mol. The van der Waals surface area contributed by atoms with E-state index in [2.05, 4.69) is 5.32 Å². The summed E-state index contributed by atoms with van der Waals surface area (Å²) in [6.45, 7) is 2.31. The molecule has 3 rings (SSSR count). The van der Waals surface area contributed by atoms with Gasteiger partial charge in [0.15, 0.2) is 0 Å². The maximum absolute atomic E-state index is 12.1. The summed E-state index contributed by atoms with van der Waals surface area (Å²) in [4.78, 5) is 12.1. The molecule has 2 heterocycles. The predicted octanol–water partition coefficient (Wildman–Crippen LogP) is 4.25. The quantitative estimate of drug-likeness (QED) is 0.782. The second-order valence-electron chi connectivity index (χ2n) is 4.78. The van der Waals surface area contributed by atoms with Crippen molar-refractivity contribution in [2.75, 3.05) is 0 Å². The van der Waals surface area contributed by atoms with Gasteiger partial charge in [-0.05, 0) is 42.1 Å². The van der Waals surface area contributed by atoms with Crippen molar-refractivity contribution in [3.63, 3.8) is 0 Å². The molecule has 1 aromatic carbocycles. The van der Waals surface area contributed by atoms with Crippen molar-refractivity contribution in [3.8, 4) is 11.3 Å². The molecule has 0 aliphatic heterocycles. The fourth-order valence-electron chi connectivity index (χ4n) is 2.12. The zero-order valence-electron chi connectivity index (χ0n) is 11.6. The molecular formula is C17H15NO2S. The van der Waals surface area contributed by atoms with Crippen molar-refractivity contribution in [2.24, 2.45) is 0 Å². The van der Waals surface area contributed by atoms with E-state index in [4.69, 9.17) is 4.42 Å². The number of nitrogens with one attached hydrogen (secondary N) is 1. The zero-order chi connectivity index (χ0) is 14.7. The Morgan fingerprint density at radius 2 is 2.05 bits per heavy atom. The van der Waals surface area contributed by atoms with E-state index in [0.29, 0.717) is 12.1 Å². The van der Waals surface area contributed by atoms with Gasteiger partial charge < -0.3 is 9.73 Å².